The minimum Gasteiger partial charge on any atom is -0.355 e. The molecule has 1 heterocycles. The number of rotatable bonds is 8. The second kappa shape index (κ2) is 9.22. The second-order valence-electron chi connectivity index (χ2n) is 5.29. The summed E-state index contributed by atoms with van der Waals surface area (Å²) >= 11 is 1.47. The van der Waals surface area contributed by atoms with Crippen LogP contribution in [0.4, 0.5) is 0 Å². The van der Waals surface area contributed by atoms with Gasteiger partial charge in [-0.3, -0.25) is 9.59 Å². The third kappa shape index (κ3) is 5.32. The highest BCUT2D eigenvalue weighted by Gasteiger charge is 2.20. The Hall–Kier alpha value is -2.35. The molecule has 2 aromatic rings. The predicted octanol–water partition coefficient (Wildman–Crippen LogP) is 2.27. The lowest BCUT2D eigenvalue weighted by Gasteiger charge is -2.21. The summed E-state index contributed by atoms with van der Waals surface area (Å²) < 4.78 is 4.96. The Kier molecular flexibility index (Phi) is 7.00. The molecule has 0 aliphatic heterocycles. The van der Waals surface area contributed by atoms with Gasteiger partial charge < -0.3 is 14.7 Å². The van der Waals surface area contributed by atoms with E-state index in [-0.39, 0.29) is 18.4 Å². The fourth-order valence-electron chi connectivity index (χ4n) is 2.24. The number of hydrogen-bond donors (Lipinski definition) is 1. The molecule has 134 valence electrons. The first kappa shape index (κ1) is 19.0. The Morgan fingerprint density at radius 3 is 2.68 bits per heavy atom. The van der Waals surface area contributed by atoms with Crippen LogP contribution in [-0.2, 0) is 10.5 Å². The zero-order valence-corrected chi connectivity index (χ0v) is 15.4. The van der Waals surface area contributed by atoms with Gasteiger partial charge in [0.15, 0.2) is 5.82 Å². The van der Waals surface area contributed by atoms with Crippen molar-refractivity contribution in [3.8, 4) is 0 Å². The molecule has 1 aromatic heterocycles. The van der Waals surface area contributed by atoms with E-state index in [0.717, 1.165) is 4.90 Å². The maximum Gasteiger partial charge on any atom is 0.255 e. The Morgan fingerprint density at radius 1 is 1.28 bits per heavy atom. The highest BCUT2D eigenvalue weighted by Crippen LogP contribution is 2.26. The van der Waals surface area contributed by atoms with E-state index in [1.807, 2.05) is 32.0 Å². The SMILES string of the molecule is CCNC(=O)CN(CC)C(=O)c1ccccc1SCc1noc(C)n1. The fraction of sp³-hybridized carbons (Fsp3) is 0.412. The maximum absolute atomic E-state index is 12.8. The van der Waals surface area contributed by atoms with Gasteiger partial charge in [0, 0.05) is 24.9 Å². The van der Waals surface area contributed by atoms with Gasteiger partial charge in [-0.25, -0.2) is 0 Å². The van der Waals surface area contributed by atoms with E-state index >= 15 is 0 Å². The number of nitrogens with one attached hydrogen (secondary N) is 1. The van der Waals surface area contributed by atoms with Gasteiger partial charge in [0.1, 0.15) is 0 Å². The molecule has 0 fully saturated rings. The van der Waals surface area contributed by atoms with Crippen LogP contribution in [0.25, 0.3) is 0 Å². The van der Waals surface area contributed by atoms with Gasteiger partial charge >= 0.3 is 0 Å². The van der Waals surface area contributed by atoms with Crippen LogP contribution in [0, 0.1) is 6.92 Å². The lowest BCUT2D eigenvalue weighted by atomic mass is 10.2. The Balaban J connectivity index is 2.11. The molecule has 0 aliphatic rings. The van der Waals surface area contributed by atoms with Crippen molar-refractivity contribution in [3.05, 3.63) is 41.5 Å². The van der Waals surface area contributed by atoms with Crippen molar-refractivity contribution in [3.63, 3.8) is 0 Å². The van der Waals surface area contributed by atoms with Gasteiger partial charge in [-0.15, -0.1) is 11.8 Å². The number of carbonyl (C=O) groups excluding carboxylic acids is 2. The van der Waals surface area contributed by atoms with E-state index in [1.54, 1.807) is 13.0 Å². The summed E-state index contributed by atoms with van der Waals surface area (Å²) in [6, 6.07) is 7.34. The minimum atomic E-state index is -0.166. The summed E-state index contributed by atoms with van der Waals surface area (Å²) in [4.78, 5) is 31.2. The van der Waals surface area contributed by atoms with Gasteiger partial charge in [0.05, 0.1) is 17.9 Å². The molecule has 2 amide bonds. The first-order valence-electron chi connectivity index (χ1n) is 8.12. The molecule has 0 spiro atoms. The van der Waals surface area contributed by atoms with Crippen LogP contribution in [-0.4, -0.2) is 46.5 Å². The van der Waals surface area contributed by atoms with Crippen molar-refractivity contribution in [2.24, 2.45) is 0 Å². The smallest absolute Gasteiger partial charge is 0.255 e. The molecule has 0 aliphatic carbocycles. The van der Waals surface area contributed by atoms with Gasteiger partial charge in [-0.1, -0.05) is 17.3 Å². The standard InChI is InChI=1S/C17H22N4O3S/c1-4-18-16(22)10-21(5-2)17(23)13-8-6-7-9-14(13)25-11-15-19-12(3)24-20-15/h6-9H,4-5,10-11H2,1-3H3,(H,18,22). The Bertz CT molecular complexity index is 732. The van der Waals surface area contributed by atoms with Gasteiger partial charge in [0.25, 0.3) is 5.91 Å². The number of carbonyl (C=O) groups is 2. The lowest BCUT2D eigenvalue weighted by Crippen LogP contribution is -2.40. The summed E-state index contributed by atoms with van der Waals surface area (Å²) in [5.41, 5.74) is 0.568. The Labute approximate surface area is 151 Å². The predicted molar refractivity (Wildman–Crippen MR) is 95.3 cm³/mol. The molecule has 0 atom stereocenters. The number of thioether (sulfide) groups is 1. The van der Waals surface area contributed by atoms with Crippen molar-refractivity contribution >= 4 is 23.6 Å². The Morgan fingerprint density at radius 2 is 2.04 bits per heavy atom. The van der Waals surface area contributed by atoms with E-state index in [2.05, 4.69) is 15.5 Å². The average Bonchev–Trinajstić information content (AvgIpc) is 3.03. The molecule has 2 rings (SSSR count). The molecule has 25 heavy (non-hydrogen) atoms. The number of benzene rings is 1. The number of amides is 2. The van der Waals surface area contributed by atoms with Gasteiger partial charge in [-0.2, -0.15) is 4.98 Å². The third-order valence-corrected chi connectivity index (χ3v) is 4.49. The summed E-state index contributed by atoms with van der Waals surface area (Å²) in [7, 11) is 0. The quantitative estimate of drug-likeness (QED) is 0.725. The number of hydrogen-bond acceptors (Lipinski definition) is 6. The van der Waals surface area contributed by atoms with Crippen molar-refractivity contribution in [1.82, 2.24) is 20.4 Å². The first-order chi connectivity index (χ1) is 12.0. The normalized spacial score (nSPS) is 10.5. The summed E-state index contributed by atoms with van der Waals surface area (Å²) in [5.74, 6) is 1.27. The molecule has 1 aromatic carbocycles. The zero-order chi connectivity index (χ0) is 18.2. The third-order valence-electron chi connectivity index (χ3n) is 3.42. The first-order valence-corrected chi connectivity index (χ1v) is 9.10. The van der Waals surface area contributed by atoms with Crippen molar-refractivity contribution in [1.29, 1.82) is 0 Å². The van der Waals surface area contributed by atoms with Crippen LogP contribution >= 0.6 is 11.8 Å². The van der Waals surface area contributed by atoms with Crippen molar-refractivity contribution in [2.75, 3.05) is 19.6 Å². The van der Waals surface area contributed by atoms with Crippen LogP contribution in [0.1, 0.15) is 35.9 Å². The summed E-state index contributed by atoms with van der Waals surface area (Å²) in [5, 5.41) is 6.58. The van der Waals surface area contributed by atoms with E-state index < -0.39 is 0 Å². The van der Waals surface area contributed by atoms with Gasteiger partial charge in [0.2, 0.25) is 11.8 Å². The van der Waals surface area contributed by atoms with Crippen LogP contribution in [0.5, 0.6) is 0 Å². The van der Waals surface area contributed by atoms with Crippen LogP contribution < -0.4 is 5.32 Å². The van der Waals surface area contributed by atoms with Crippen molar-refractivity contribution < 1.29 is 14.1 Å². The monoisotopic (exact) mass is 362 g/mol. The molecule has 1 N–H and O–H groups in total. The van der Waals surface area contributed by atoms with E-state index in [1.165, 1.54) is 16.7 Å². The fourth-order valence-corrected chi connectivity index (χ4v) is 3.12. The molecule has 0 saturated carbocycles. The maximum atomic E-state index is 12.8. The summed E-state index contributed by atoms with van der Waals surface area (Å²) in [6.45, 7) is 6.49. The van der Waals surface area contributed by atoms with Crippen LogP contribution in [0.15, 0.2) is 33.7 Å². The highest BCUT2D eigenvalue weighted by atomic mass is 32.2. The van der Waals surface area contributed by atoms with Crippen LogP contribution in [0.3, 0.4) is 0 Å². The molecular weight excluding hydrogens is 340 g/mol. The zero-order valence-electron chi connectivity index (χ0n) is 14.6. The summed E-state index contributed by atoms with van der Waals surface area (Å²) in [6.07, 6.45) is 0. The number of aromatic nitrogens is 2. The van der Waals surface area contributed by atoms with E-state index in [9.17, 15) is 9.59 Å². The topological polar surface area (TPSA) is 88.3 Å². The number of aryl methyl sites for hydroxylation is 1. The molecule has 0 saturated heterocycles. The second-order valence-corrected chi connectivity index (χ2v) is 6.30. The van der Waals surface area contributed by atoms with Crippen LogP contribution in [0.2, 0.25) is 0 Å². The van der Waals surface area contributed by atoms with E-state index in [4.69, 9.17) is 4.52 Å². The largest absolute Gasteiger partial charge is 0.355 e. The number of likely N-dealkylation sites (N-methyl/N-ethyl adjacent to an activating group) is 2. The van der Waals surface area contributed by atoms with Gasteiger partial charge in [-0.05, 0) is 26.0 Å². The molecule has 7 nitrogen and oxygen atoms in total. The lowest BCUT2D eigenvalue weighted by molar-refractivity contribution is -0.121. The van der Waals surface area contributed by atoms with E-state index in [0.29, 0.717) is 36.1 Å². The number of nitrogens with zero attached hydrogens (tertiary/aromatic N) is 3. The minimum absolute atomic E-state index is 0.0478. The van der Waals surface area contributed by atoms with Crippen molar-refractivity contribution in [2.45, 2.75) is 31.4 Å². The molecule has 0 unspecified atom stereocenters. The molecule has 8 heteroatoms. The molecular formula is C17H22N4O3S. The highest BCUT2D eigenvalue weighted by molar-refractivity contribution is 7.98. The molecule has 0 radical (unpaired) electrons. The average molecular weight is 362 g/mol. The molecule has 0 bridgehead atoms.